The number of nitrogens with one attached hydrogen (secondary N) is 1. The molecule has 0 fully saturated rings. The molecule has 1 aromatic heterocycles. The Balaban J connectivity index is 2.45. The second kappa shape index (κ2) is 5.34. The highest BCUT2D eigenvalue weighted by molar-refractivity contribution is 7.15. The molecule has 2 nitrogen and oxygen atoms in total. The summed E-state index contributed by atoms with van der Waals surface area (Å²) in [6, 6.07) is 4.88. The lowest BCUT2D eigenvalue weighted by molar-refractivity contribution is 0.631. The van der Waals surface area contributed by atoms with Gasteiger partial charge < -0.3 is 5.32 Å². The van der Waals surface area contributed by atoms with E-state index in [0.717, 1.165) is 10.6 Å². The summed E-state index contributed by atoms with van der Waals surface area (Å²) in [4.78, 5) is 5.56. The molecular formula is C13H14ClFN2S. The fourth-order valence-electron chi connectivity index (χ4n) is 1.72. The van der Waals surface area contributed by atoms with E-state index in [1.807, 2.05) is 14.0 Å². The Bertz CT molecular complexity index is 568. The minimum Gasteiger partial charge on any atom is -0.312 e. The van der Waals surface area contributed by atoms with Crippen molar-refractivity contribution in [3.8, 4) is 10.6 Å². The van der Waals surface area contributed by atoms with E-state index in [1.54, 1.807) is 12.1 Å². The molecule has 0 amide bonds. The largest absolute Gasteiger partial charge is 0.312 e. The van der Waals surface area contributed by atoms with Crippen LogP contribution in [0.3, 0.4) is 0 Å². The Hall–Kier alpha value is -0.970. The molecular weight excluding hydrogens is 271 g/mol. The van der Waals surface area contributed by atoms with Gasteiger partial charge in [-0.1, -0.05) is 11.6 Å². The van der Waals surface area contributed by atoms with Gasteiger partial charge in [-0.15, -0.1) is 11.3 Å². The molecule has 0 aliphatic carbocycles. The number of aromatic nitrogens is 1. The SMILES string of the molecule is CNC(C)c1sc(-c2ccc(Cl)cc2F)nc1C. The number of benzene rings is 1. The van der Waals surface area contributed by atoms with Crippen molar-refractivity contribution in [1.82, 2.24) is 10.3 Å². The number of nitrogens with zero attached hydrogens (tertiary/aromatic N) is 1. The molecule has 0 saturated carbocycles. The summed E-state index contributed by atoms with van der Waals surface area (Å²) in [6.07, 6.45) is 0. The first-order valence-corrected chi connectivity index (χ1v) is 6.82. The van der Waals surface area contributed by atoms with Crippen LogP contribution >= 0.6 is 22.9 Å². The van der Waals surface area contributed by atoms with E-state index in [9.17, 15) is 4.39 Å². The standard InChI is InChI=1S/C13H14ClFN2S/c1-7(16-3)12-8(2)17-13(18-12)10-5-4-9(14)6-11(10)15/h4-7,16H,1-3H3. The third-order valence-corrected chi connectivity index (χ3v) is 4.43. The summed E-state index contributed by atoms with van der Waals surface area (Å²) >= 11 is 7.26. The molecule has 96 valence electrons. The maximum atomic E-state index is 13.8. The van der Waals surface area contributed by atoms with Gasteiger partial charge in [-0.3, -0.25) is 0 Å². The minimum absolute atomic E-state index is 0.214. The normalized spacial score (nSPS) is 12.7. The van der Waals surface area contributed by atoms with Crippen LogP contribution in [0.4, 0.5) is 4.39 Å². The third kappa shape index (κ3) is 2.55. The first-order chi connectivity index (χ1) is 8.52. The van der Waals surface area contributed by atoms with Crippen LogP contribution < -0.4 is 5.32 Å². The molecule has 0 aliphatic heterocycles. The van der Waals surface area contributed by atoms with Crippen molar-refractivity contribution in [3.05, 3.63) is 39.6 Å². The zero-order valence-electron chi connectivity index (χ0n) is 10.4. The second-order valence-corrected chi connectivity index (χ2v) is 5.57. The van der Waals surface area contributed by atoms with Crippen LogP contribution in [0, 0.1) is 12.7 Å². The Morgan fingerprint density at radius 3 is 2.78 bits per heavy atom. The van der Waals surface area contributed by atoms with Gasteiger partial charge in [0.2, 0.25) is 0 Å². The monoisotopic (exact) mass is 284 g/mol. The molecule has 0 bridgehead atoms. The molecule has 0 saturated heterocycles. The fraction of sp³-hybridized carbons (Fsp3) is 0.308. The summed E-state index contributed by atoms with van der Waals surface area (Å²) in [5, 5.41) is 4.26. The van der Waals surface area contributed by atoms with Gasteiger partial charge in [-0.05, 0) is 39.1 Å². The maximum Gasteiger partial charge on any atom is 0.134 e. The number of aryl methyl sites for hydroxylation is 1. The van der Waals surface area contributed by atoms with Crippen molar-refractivity contribution in [1.29, 1.82) is 0 Å². The second-order valence-electron chi connectivity index (χ2n) is 4.10. The quantitative estimate of drug-likeness (QED) is 0.914. The highest BCUT2D eigenvalue weighted by atomic mass is 35.5. The number of thiazole rings is 1. The van der Waals surface area contributed by atoms with Crippen molar-refractivity contribution in [2.45, 2.75) is 19.9 Å². The molecule has 5 heteroatoms. The van der Waals surface area contributed by atoms with Gasteiger partial charge in [0.05, 0.1) is 5.69 Å². The van der Waals surface area contributed by atoms with Gasteiger partial charge in [0.1, 0.15) is 10.8 Å². The van der Waals surface area contributed by atoms with Crippen LogP contribution in [0.15, 0.2) is 18.2 Å². The molecule has 1 N–H and O–H groups in total. The molecule has 0 aliphatic rings. The van der Waals surface area contributed by atoms with E-state index >= 15 is 0 Å². The first-order valence-electron chi connectivity index (χ1n) is 5.63. The van der Waals surface area contributed by atoms with Crippen LogP contribution in [-0.2, 0) is 0 Å². The first kappa shape index (κ1) is 13.5. The summed E-state index contributed by atoms with van der Waals surface area (Å²) in [5.41, 5.74) is 1.44. The summed E-state index contributed by atoms with van der Waals surface area (Å²) in [6.45, 7) is 4.00. The van der Waals surface area contributed by atoms with Crippen LogP contribution in [0.1, 0.15) is 23.5 Å². The topological polar surface area (TPSA) is 24.9 Å². The number of hydrogen-bond donors (Lipinski definition) is 1. The maximum absolute atomic E-state index is 13.8. The Kier molecular flexibility index (Phi) is 4.00. The summed E-state index contributed by atoms with van der Waals surface area (Å²) in [5.74, 6) is -0.333. The predicted octanol–water partition coefficient (Wildman–Crippen LogP) is 4.19. The third-order valence-electron chi connectivity index (χ3n) is 2.82. The molecule has 2 rings (SSSR count). The fourth-order valence-corrected chi connectivity index (χ4v) is 3.03. The molecule has 1 heterocycles. The number of rotatable bonds is 3. The summed E-state index contributed by atoms with van der Waals surface area (Å²) in [7, 11) is 1.90. The van der Waals surface area contributed by atoms with Crippen molar-refractivity contribution in [3.63, 3.8) is 0 Å². The van der Waals surface area contributed by atoms with E-state index in [4.69, 9.17) is 11.6 Å². The van der Waals surface area contributed by atoms with Gasteiger partial charge in [0.25, 0.3) is 0 Å². The lowest BCUT2D eigenvalue weighted by Crippen LogP contribution is -2.11. The van der Waals surface area contributed by atoms with Gasteiger partial charge in [0, 0.05) is 21.5 Å². The molecule has 0 radical (unpaired) electrons. The smallest absolute Gasteiger partial charge is 0.134 e. The van der Waals surface area contributed by atoms with E-state index < -0.39 is 0 Å². The van der Waals surface area contributed by atoms with E-state index in [1.165, 1.54) is 17.4 Å². The Labute approximate surface area is 115 Å². The van der Waals surface area contributed by atoms with E-state index in [2.05, 4.69) is 17.2 Å². The molecule has 1 aromatic carbocycles. The highest BCUT2D eigenvalue weighted by Crippen LogP contribution is 2.33. The molecule has 0 spiro atoms. The molecule has 1 unspecified atom stereocenters. The van der Waals surface area contributed by atoms with Gasteiger partial charge >= 0.3 is 0 Å². The minimum atomic E-state index is -0.333. The zero-order chi connectivity index (χ0) is 13.3. The highest BCUT2D eigenvalue weighted by Gasteiger charge is 2.16. The van der Waals surface area contributed by atoms with Crippen LogP contribution in [0.25, 0.3) is 10.6 Å². The van der Waals surface area contributed by atoms with Crippen molar-refractivity contribution in [2.75, 3.05) is 7.05 Å². The summed E-state index contributed by atoms with van der Waals surface area (Å²) < 4.78 is 13.8. The van der Waals surface area contributed by atoms with Crippen LogP contribution in [0.2, 0.25) is 5.02 Å². The Morgan fingerprint density at radius 1 is 1.44 bits per heavy atom. The Morgan fingerprint density at radius 2 is 2.17 bits per heavy atom. The average Bonchev–Trinajstić information content (AvgIpc) is 2.70. The van der Waals surface area contributed by atoms with E-state index in [-0.39, 0.29) is 11.9 Å². The number of halogens is 2. The van der Waals surface area contributed by atoms with Crippen LogP contribution in [0.5, 0.6) is 0 Å². The lowest BCUT2D eigenvalue weighted by atomic mass is 10.2. The van der Waals surface area contributed by atoms with Gasteiger partial charge in [-0.25, -0.2) is 9.37 Å². The molecule has 2 aromatic rings. The van der Waals surface area contributed by atoms with Crippen molar-refractivity contribution < 1.29 is 4.39 Å². The van der Waals surface area contributed by atoms with Crippen LogP contribution in [-0.4, -0.2) is 12.0 Å². The van der Waals surface area contributed by atoms with Crippen molar-refractivity contribution in [2.24, 2.45) is 0 Å². The molecule has 1 atom stereocenters. The van der Waals surface area contributed by atoms with Gasteiger partial charge in [-0.2, -0.15) is 0 Å². The number of hydrogen-bond acceptors (Lipinski definition) is 3. The lowest BCUT2D eigenvalue weighted by Gasteiger charge is -2.07. The predicted molar refractivity (Wildman–Crippen MR) is 74.7 cm³/mol. The average molecular weight is 285 g/mol. The molecule has 18 heavy (non-hydrogen) atoms. The zero-order valence-corrected chi connectivity index (χ0v) is 12.0. The van der Waals surface area contributed by atoms with Crippen molar-refractivity contribution >= 4 is 22.9 Å². The van der Waals surface area contributed by atoms with E-state index in [0.29, 0.717) is 15.6 Å². The van der Waals surface area contributed by atoms with Gasteiger partial charge in [0.15, 0.2) is 0 Å².